The largest absolute Gasteiger partial charge is 0.493 e. The Morgan fingerprint density at radius 3 is 2.62 bits per heavy atom. The van der Waals surface area contributed by atoms with E-state index in [0.717, 1.165) is 17.3 Å². The molecule has 2 aromatic rings. The highest BCUT2D eigenvalue weighted by Crippen LogP contribution is 2.26. The van der Waals surface area contributed by atoms with Gasteiger partial charge < -0.3 is 15.7 Å². The SMILES string of the molecule is N/C(=N/O)c1c(Br)cccc1OCCCc1ccccc1. The van der Waals surface area contributed by atoms with Crippen molar-refractivity contribution in [1.82, 2.24) is 0 Å². The Labute approximate surface area is 132 Å². The molecule has 0 aliphatic heterocycles. The van der Waals surface area contributed by atoms with Crippen LogP contribution in [-0.2, 0) is 6.42 Å². The summed E-state index contributed by atoms with van der Waals surface area (Å²) in [4.78, 5) is 0. The van der Waals surface area contributed by atoms with E-state index >= 15 is 0 Å². The smallest absolute Gasteiger partial charge is 0.174 e. The van der Waals surface area contributed by atoms with Crippen LogP contribution >= 0.6 is 15.9 Å². The van der Waals surface area contributed by atoms with Crippen molar-refractivity contribution in [3.63, 3.8) is 0 Å². The van der Waals surface area contributed by atoms with Gasteiger partial charge in [0.2, 0.25) is 0 Å². The molecule has 0 spiro atoms. The van der Waals surface area contributed by atoms with Gasteiger partial charge in [-0.25, -0.2) is 0 Å². The summed E-state index contributed by atoms with van der Waals surface area (Å²) < 4.78 is 6.50. The van der Waals surface area contributed by atoms with E-state index in [-0.39, 0.29) is 5.84 Å². The first kappa shape index (κ1) is 15.4. The maximum Gasteiger partial charge on any atom is 0.174 e. The van der Waals surface area contributed by atoms with Crippen molar-refractivity contribution in [2.75, 3.05) is 6.61 Å². The van der Waals surface area contributed by atoms with Gasteiger partial charge in [0.1, 0.15) is 5.75 Å². The number of hydrogen-bond acceptors (Lipinski definition) is 3. The second-order valence-electron chi connectivity index (χ2n) is 4.54. The lowest BCUT2D eigenvalue weighted by atomic mass is 10.1. The van der Waals surface area contributed by atoms with Gasteiger partial charge in [-0.05, 0) is 46.5 Å². The van der Waals surface area contributed by atoms with Gasteiger partial charge in [0.05, 0.1) is 12.2 Å². The van der Waals surface area contributed by atoms with Crippen LogP contribution in [0.2, 0.25) is 0 Å². The predicted molar refractivity (Wildman–Crippen MR) is 86.9 cm³/mol. The summed E-state index contributed by atoms with van der Waals surface area (Å²) in [6.45, 7) is 0.567. The standard InChI is InChI=1S/C16H17BrN2O2/c17-13-9-4-10-14(15(13)16(18)19-20)21-11-5-8-12-6-2-1-3-7-12/h1-4,6-7,9-10,20H,5,8,11H2,(H2,18,19). The molecule has 3 N–H and O–H groups in total. The molecule has 0 aromatic heterocycles. The van der Waals surface area contributed by atoms with Crippen LogP contribution in [0.1, 0.15) is 17.5 Å². The highest BCUT2D eigenvalue weighted by atomic mass is 79.9. The van der Waals surface area contributed by atoms with Gasteiger partial charge in [0.25, 0.3) is 0 Å². The fraction of sp³-hybridized carbons (Fsp3) is 0.188. The molecule has 2 rings (SSSR count). The zero-order valence-corrected chi connectivity index (χ0v) is 13.1. The van der Waals surface area contributed by atoms with Gasteiger partial charge in [-0.1, -0.05) is 41.6 Å². The fourth-order valence-corrected chi connectivity index (χ4v) is 2.58. The predicted octanol–water partition coefficient (Wildman–Crippen LogP) is 3.56. The average molecular weight is 349 g/mol. The van der Waals surface area contributed by atoms with E-state index in [9.17, 15) is 0 Å². The minimum absolute atomic E-state index is 0.0283. The van der Waals surface area contributed by atoms with E-state index in [1.807, 2.05) is 30.3 Å². The Hall–Kier alpha value is -2.01. The van der Waals surface area contributed by atoms with Crippen molar-refractivity contribution >= 4 is 21.8 Å². The molecule has 0 fully saturated rings. The summed E-state index contributed by atoms with van der Waals surface area (Å²) in [7, 11) is 0. The molecule has 0 aliphatic rings. The highest BCUT2D eigenvalue weighted by Gasteiger charge is 2.12. The maximum absolute atomic E-state index is 8.84. The molecule has 2 aromatic carbocycles. The van der Waals surface area contributed by atoms with Crippen LogP contribution in [0.5, 0.6) is 5.75 Å². The number of ether oxygens (including phenoxy) is 1. The summed E-state index contributed by atoms with van der Waals surface area (Å²) >= 11 is 3.38. The van der Waals surface area contributed by atoms with Crippen LogP contribution in [0.3, 0.4) is 0 Å². The van der Waals surface area contributed by atoms with E-state index in [4.69, 9.17) is 15.7 Å². The van der Waals surface area contributed by atoms with E-state index in [1.54, 1.807) is 6.07 Å². The minimum Gasteiger partial charge on any atom is -0.493 e. The summed E-state index contributed by atoms with van der Waals surface area (Å²) in [6, 6.07) is 15.7. The number of benzene rings is 2. The first-order valence-corrected chi connectivity index (χ1v) is 7.45. The molecular weight excluding hydrogens is 332 g/mol. The summed E-state index contributed by atoms with van der Waals surface area (Å²) in [6.07, 6.45) is 1.85. The van der Waals surface area contributed by atoms with E-state index < -0.39 is 0 Å². The molecule has 0 saturated heterocycles. The number of nitrogens with zero attached hydrogens (tertiary/aromatic N) is 1. The van der Waals surface area contributed by atoms with Crippen molar-refractivity contribution in [1.29, 1.82) is 0 Å². The topological polar surface area (TPSA) is 67.8 Å². The molecule has 21 heavy (non-hydrogen) atoms. The van der Waals surface area contributed by atoms with Crippen molar-refractivity contribution in [2.45, 2.75) is 12.8 Å². The van der Waals surface area contributed by atoms with Gasteiger partial charge >= 0.3 is 0 Å². The third-order valence-electron chi connectivity index (χ3n) is 3.05. The first-order valence-electron chi connectivity index (χ1n) is 6.65. The summed E-state index contributed by atoms with van der Waals surface area (Å²) in [5.41, 5.74) is 7.53. The second-order valence-corrected chi connectivity index (χ2v) is 5.39. The average Bonchev–Trinajstić information content (AvgIpc) is 2.52. The number of amidine groups is 1. The number of aryl methyl sites for hydroxylation is 1. The lowest BCUT2D eigenvalue weighted by molar-refractivity contribution is 0.307. The van der Waals surface area contributed by atoms with Crippen molar-refractivity contribution < 1.29 is 9.94 Å². The molecular formula is C16H17BrN2O2. The third-order valence-corrected chi connectivity index (χ3v) is 3.71. The van der Waals surface area contributed by atoms with Gasteiger partial charge in [-0.15, -0.1) is 0 Å². The van der Waals surface area contributed by atoms with Gasteiger partial charge in [-0.3, -0.25) is 0 Å². The number of oxime groups is 1. The molecule has 0 unspecified atom stereocenters. The van der Waals surface area contributed by atoms with Gasteiger partial charge in [-0.2, -0.15) is 0 Å². The van der Waals surface area contributed by atoms with Crippen molar-refractivity contribution in [3.8, 4) is 5.75 Å². The van der Waals surface area contributed by atoms with Crippen LogP contribution in [0, 0.1) is 0 Å². The van der Waals surface area contributed by atoms with Gasteiger partial charge in [0.15, 0.2) is 5.84 Å². The van der Waals surface area contributed by atoms with Crippen LogP contribution in [-0.4, -0.2) is 17.6 Å². The first-order chi connectivity index (χ1) is 10.2. The zero-order chi connectivity index (χ0) is 15.1. The zero-order valence-electron chi connectivity index (χ0n) is 11.5. The molecule has 0 radical (unpaired) electrons. The summed E-state index contributed by atoms with van der Waals surface area (Å²) in [5.74, 6) is 0.633. The minimum atomic E-state index is 0.0283. The molecule has 0 saturated carbocycles. The Balaban J connectivity index is 1.96. The van der Waals surface area contributed by atoms with Crippen LogP contribution in [0.25, 0.3) is 0 Å². The lowest BCUT2D eigenvalue weighted by Gasteiger charge is -2.12. The molecule has 0 atom stereocenters. The number of nitrogens with two attached hydrogens (primary N) is 1. The highest BCUT2D eigenvalue weighted by molar-refractivity contribution is 9.10. The maximum atomic E-state index is 8.84. The molecule has 110 valence electrons. The molecule has 0 bridgehead atoms. The van der Waals surface area contributed by atoms with E-state index in [1.165, 1.54) is 5.56 Å². The Morgan fingerprint density at radius 1 is 1.14 bits per heavy atom. The second kappa shape index (κ2) is 7.69. The van der Waals surface area contributed by atoms with Crippen LogP contribution < -0.4 is 10.5 Å². The van der Waals surface area contributed by atoms with Crippen LogP contribution in [0.15, 0.2) is 58.2 Å². The number of rotatable bonds is 6. The normalized spacial score (nSPS) is 11.4. The summed E-state index contributed by atoms with van der Waals surface area (Å²) in [5, 5.41) is 11.9. The molecule has 0 aliphatic carbocycles. The Kier molecular flexibility index (Phi) is 5.63. The number of halogens is 1. The monoisotopic (exact) mass is 348 g/mol. The van der Waals surface area contributed by atoms with Crippen LogP contribution in [0.4, 0.5) is 0 Å². The number of hydrogen-bond donors (Lipinski definition) is 2. The third kappa shape index (κ3) is 4.23. The Morgan fingerprint density at radius 2 is 1.90 bits per heavy atom. The van der Waals surface area contributed by atoms with Crippen molar-refractivity contribution in [2.24, 2.45) is 10.9 Å². The van der Waals surface area contributed by atoms with E-state index in [2.05, 4.69) is 33.2 Å². The molecule has 0 amide bonds. The van der Waals surface area contributed by atoms with Crippen molar-refractivity contribution in [3.05, 3.63) is 64.1 Å². The van der Waals surface area contributed by atoms with E-state index in [0.29, 0.717) is 17.9 Å². The quantitative estimate of drug-likeness (QED) is 0.276. The molecule has 0 heterocycles. The molecule has 5 heteroatoms. The fourth-order valence-electron chi connectivity index (χ4n) is 2.03. The molecule has 4 nitrogen and oxygen atoms in total. The lowest BCUT2D eigenvalue weighted by Crippen LogP contribution is -2.16. The van der Waals surface area contributed by atoms with Gasteiger partial charge in [0, 0.05) is 4.47 Å². The Bertz CT molecular complexity index is 615.